The van der Waals surface area contributed by atoms with Crippen LogP contribution in [0.5, 0.6) is 0 Å². The lowest BCUT2D eigenvalue weighted by atomic mass is 10.3. The van der Waals surface area contributed by atoms with Gasteiger partial charge in [0.25, 0.3) is 0 Å². The topological polar surface area (TPSA) is 47.6 Å². The second-order valence-electron chi connectivity index (χ2n) is 4.07. The van der Waals surface area contributed by atoms with Crippen LogP contribution in [0.15, 0.2) is 0 Å². The van der Waals surface area contributed by atoms with E-state index in [1.54, 1.807) is 0 Å². The van der Waals surface area contributed by atoms with Crippen LogP contribution in [0.4, 0.5) is 0 Å². The minimum atomic E-state index is -3.11. The van der Waals surface area contributed by atoms with Crippen LogP contribution in [0, 0.1) is 0 Å². The molecule has 0 saturated heterocycles. The lowest BCUT2D eigenvalue weighted by Gasteiger charge is -2.23. The number of rotatable bonds is 8. The van der Waals surface area contributed by atoms with E-state index < -0.39 is 7.75 Å². The lowest BCUT2D eigenvalue weighted by Crippen LogP contribution is -2.20. The van der Waals surface area contributed by atoms with Gasteiger partial charge in [0.05, 0.1) is 12.2 Å². The summed E-state index contributed by atoms with van der Waals surface area (Å²) >= 11 is 0. The van der Waals surface area contributed by atoms with Gasteiger partial charge in [-0.1, -0.05) is 13.3 Å². The van der Waals surface area contributed by atoms with Gasteiger partial charge >= 0.3 is 7.75 Å². The first-order chi connectivity index (χ1) is 6.89. The van der Waals surface area contributed by atoms with Crippen LogP contribution >= 0.6 is 7.75 Å². The van der Waals surface area contributed by atoms with Crippen LogP contribution in [-0.4, -0.2) is 18.8 Å². The smallest absolute Gasteiger partial charge is 0.294 e. The largest absolute Gasteiger partial charge is 0.406 e. The van der Waals surface area contributed by atoms with Crippen molar-refractivity contribution < 1.29 is 13.6 Å². The zero-order valence-corrected chi connectivity index (χ0v) is 11.3. The molecule has 0 aliphatic carbocycles. The Hall–Kier alpha value is 0.110. The van der Waals surface area contributed by atoms with Crippen molar-refractivity contribution in [2.75, 3.05) is 6.54 Å². The third-order valence-corrected chi connectivity index (χ3v) is 3.54. The Labute approximate surface area is 93.3 Å². The van der Waals surface area contributed by atoms with Crippen molar-refractivity contribution in [2.24, 2.45) is 0 Å². The van der Waals surface area contributed by atoms with Crippen molar-refractivity contribution in [3.8, 4) is 0 Å². The van der Waals surface area contributed by atoms with Crippen molar-refractivity contribution in [1.29, 1.82) is 0 Å². The van der Waals surface area contributed by atoms with Gasteiger partial charge in [0.2, 0.25) is 0 Å². The number of hydrogen-bond donors (Lipinski definition) is 1. The van der Waals surface area contributed by atoms with Gasteiger partial charge in [-0.25, -0.2) is 9.65 Å². The van der Waals surface area contributed by atoms with Crippen LogP contribution < -0.4 is 5.09 Å². The Morgan fingerprint density at radius 1 is 1.13 bits per heavy atom. The highest BCUT2D eigenvalue weighted by Crippen LogP contribution is 2.46. The van der Waals surface area contributed by atoms with E-state index in [-0.39, 0.29) is 12.2 Å². The fourth-order valence-electron chi connectivity index (χ4n) is 1.05. The first-order valence-electron chi connectivity index (χ1n) is 5.61. The molecule has 0 unspecified atom stereocenters. The summed E-state index contributed by atoms with van der Waals surface area (Å²) in [6.45, 7) is 10.1. The Morgan fingerprint density at radius 2 is 1.60 bits per heavy atom. The summed E-state index contributed by atoms with van der Waals surface area (Å²) < 4.78 is 22.8. The molecule has 0 radical (unpaired) electrons. The average Bonchev–Trinajstić information content (AvgIpc) is 2.00. The molecule has 4 nitrogen and oxygen atoms in total. The highest BCUT2D eigenvalue weighted by molar-refractivity contribution is 7.51. The Bertz CT molecular complexity index is 193. The SMILES string of the molecule is CCCCNP(=O)(OC(C)C)OC(C)C. The third kappa shape index (κ3) is 7.97. The van der Waals surface area contributed by atoms with E-state index in [1.807, 2.05) is 27.7 Å². The van der Waals surface area contributed by atoms with Gasteiger partial charge in [-0.3, -0.25) is 9.05 Å². The Morgan fingerprint density at radius 3 is 1.93 bits per heavy atom. The molecular formula is C10H24NO3P. The summed E-state index contributed by atoms with van der Waals surface area (Å²) in [5.41, 5.74) is 0. The molecule has 0 aromatic rings. The highest BCUT2D eigenvalue weighted by atomic mass is 31.2. The minimum absolute atomic E-state index is 0.108. The second kappa shape index (κ2) is 7.39. The maximum atomic E-state index is 12.2. The molecule has 0 spiro atoms. The maximum Gasteiger partial charge on any atom is 0.406 e. The first-order valence-corrected chi connectivity index (χ1v) is 7.16. The molecule has 1 N–H and O–H groups in total. The molecule has 0 aliphatic rings. The van der Waals surface area contributed by atoms with E-state index in [0.717, 1.165) is 12.8 Å². The lowest BCUT2D eigenvalue weighted by molar-refractivity contribution is 0.135. The van der Waals surface area contributed by atoms with Gasteiger partial charge in [0.15, 0.2) is 0 Å². The fourth-order valence-corrected chi connectivity index (χ4v) is 2.79. The van der Waals surface area contributed by atoms with Gasteiger partial charge in [-0.15, -0.1) is 0 Å². The van der Waals surface area contributed by atoms with E-state index in [1.165, 1.54) is 0 Å². The van der Waals surface area contributed by atoms with Gasteiger partial charge < -0.3 is 0 Å². The van der Waals surface area contributed by atoms with Crippen molar-refractivity contribution >= 4 is 7.75 Å². The normalized spacial score (nSPS) is 12.7. The van der Waals surface area contributed by atoms with Crippen LogP contribution in [-0.2, 0) is 13.6 Å². The predicted molar refractivity (Wildman–Crippen MR) is 63.0 cm³/mol. The van der Waals surface area contributed by atoms with E-state index in [2.05, 4.69) is 12.0 Å². The van der Waals surface area contributed by atoms with Crippen molar-refractivity contribution in [1.82, 2.24) is 5.09 Å². The van der Waals surface area contributed by atoms with Gasteiger partial charge in [-0.2, -0.15) is 0 Å². The fraction of sp³-hybridized carbons (Fsp3) is 1.00. The molecule has 0 fully saturated rings. The second-order valence-corrected chi connectivity index (χ2v) is 5.80. The molecular weight excluding hydrogens is 213 g/mol. The minimum Gasteiger partial charge on any atom is -0.294 e. The van der Waals surface area contributed by atoms with E-state index in [9.17, 15) is 4.57 Å². The summed E-state index contributed by atoms with van der Waals surface area (Å²) in [6, 6.07) is 0. The van der Waals surface area contributed by atoms with Crippen LogP contribution in [0.2, 0.25) is 0 Å². The molecule has 0 aromatic carbocycles. The molecule has 0 aromatic heterocycles. The monoisotopic (exact) mass is 237 g/mol. The highest BCUT2D eigenvalue weighted by Gasteiger charge is 2.26. The zero-order chi connectivity index (χ0) is 11.9. The molecule has 15 heavy (non-hydrogen) atoms. The van der Waals surface area contributed by atoms with Crippen LogP contribution in [0.3, 0.4) is 0 Å². The first kappa shape index (κ1) is 15.1. The molecule has 92 valence electrons. The average molecular weight is 237 g/mol. The van der Waals surface area contributed by atoms with Crippen LogP contribution in [0.1, 0.15) is 47.5 Å². The number of hydrogen-bond acceptors (Lipinski definition) is 3. The summed E-state index contributed by atoms with van der Waals surface area (Å²) in [5.74, 6) is 0. The van der Waals surface area contributed by atoms with Crippen LogP contribution in [0.25, 0.3) is 0 Å². The standard InChI is InChI=1S/C10H24NO3P/c1-6-7-8-11-15(12,13-9(2)3)14-10(4)5/h9-10H,6-8H2,1-5H3,(H,11,12). The van der Waals surface area contributed by atoms with Gasteiger partial charge in [0, 0.05) is 6.54 Å². The summed E-state index contributed by atoms with van der Waals surface area (Å²) in [7, 11) is -3.11. The quantitative estimate of drug-likeness (QED) is 0.519. The number of unbranched alkanes of at least 4 members (excludes halogenated alkanes) is 1. The van der Waals surface area contributed by atoms with Crippen molar-refractivity contribution in [2.45, 2.75) is 59.7 Å². The molecule has 5 heteroatoms. The maximum absolute atomic E-state index is 12.2. The molecule has 0 bridgehead atoms. The van der Waals surface area contributed by atoms with Gasteiger partial charge in [0.1, 0.15) is 0 Å². The molecule has 0 saturated carbocycles. The molecule has 0 aliphatic heterocycles. The summed E-state index contributed by atoms with van der Waals surface area (Å²) in [6.07, 6.45) is 1.80. The third-order valence-electron chi connectivity index (χ3n) is 1.53. The molecule has 0 rings (SSSR count). The molecule has 0 amide bonds. The Balaban J connectivity index is 4.21. The summed E-state index contributed by atoms with van der Waals surface area (Å²) in [5, 5.41) is 2.87. The van der Waals surface area contributed by atoms with E-state index in [0.29, 0.717) is 6.54 Å². The van der Waals surface area contributed by atoms with E-state index >= 15 is 0 Å². The molecule has 0 atom stereocenters. The van der Waals surface area contributed by atoms with Gasteiger partial charge in [-0.05, 0) is 34.1 Å². The molecule has 0 heterocycles. The Kier molecular flexibility index (Phi) is 7.45. The summed E-state index contributed by atoms with van der Waals surface area (Å²) in [4.78, 5) is 0. The predicted octanol–water partition coefficient (Wildman–Crippen LogP) is 3.33. The van der Waals surface area contributed by atoms with Crippen molar-refractivity contribution in [3.05, 3.63) is 0 Å². The van der Waals surface area contributed by atoms with E-state index in [4.69, 9.17) is 9.05 Å². The zero-order valence-electron chi connectivity index (χ0n) is 10.4. The number of nitrogens with one attached hydrogen (secondary N) is 1. The van der Waals surface area contributed by atoms with Crippen molar-refractivity contribution in [3.63, 3.8) is 0 Å².